The standard InChI is InChI=1S/C22H28N6O2/c1-30-18-8-6-17(7-9-18)27-13-11-26(12-14-27)16-20(29)19(15-23)22-25-24-21-5-3-2-4-10-28(21)22/h6-9,29H,2-5,10-14,16H2,1H3/p+1/b20-19-. The average molecular weight is 410 g/mol. The normalized spacial score (nSPS) is 18.2. The first-order valence-electron chi connectivity index (χ1n) is 10.7. The van der Waals surface area contributed by atoms with E-state index in [1.807, 2.05) is 16.7 Å². The number of nitriles is 1. The van der Waals surface area contributed by atoms with Crippen molar-refractivity contribution in [1.29, 1.82) is 5.26 Å². The number of hydrogen-bond acceptors (Lipinski definition) is 6. The fourth-order valence-corrected chi connectivity index (χ4v) is 4.29. The number of rotatable bonds is 5. The molecule has 8 heteroatoms. The molecular weight excluding hydrogens is 380 g/mol. The summed E-state index contributed by atoms with van der Waals surface area (Å²) in [7, 11) is 1.67. The van der Waals surface area contributed by atoms with Crippen LogP contribution in [0.5, 0.6) is 5.75 Å². The smallest absolute Gasteiger partial charge is 0.178 e. The van der Waals surface area contributed by atoms with Crippen LogP contribution in [-0.2, 0) is 13.0 Å². The molecular formula is C22H29N6O2+. The summed E-state index contributed by atoms with van der Waals surface area (Å²) >= 11 is 0. The Morgan fingerprint density at radius 1 is 1.13 bits per heavy atom. The van der Waals surface area contributed by atoms with Crippen LogP contribution in [0.15, 0.2) is 30.0 Å². The largest absolute Gasteiger partial charge is 0.506 e. The third kappa shape index (κ3) is 4.26. The first kappa shape index (κ1) is 20.2. The molecule has 1 saturated heterocycles. The molecule has 1 fully saturated rings. The molecule has 0 radical (unpaired) electrons. The van der Waals surface area contributed by atoms with Crippen molar-refractivity contribution in [3.8, 4) is 11.8 Å². The number of aryl methyl sites for hydroxylation is 1. The Hall–Kier alpha value is -3.05. The van der Waals surface area contributed by atoms with Crippen LogP contribution in [0.2, 0.25) is 0 Å². The summed E-state index contributed by atoms with van der Waals surface area (Å²) in [6.45, 7) is 4.83. The van der Waals surface area contributed by atoms with E-state index in [2.05, 4.69) is 33.3 Å². The van der Waals surface area contributed by atoms with Crippen molar-refractivity contribution in [3.05, 3.63) is 41.7 Å². The number of methoxy groups -OCH3 is 1. The molecule has 2 aromatic rings. The van der Waals surface area contributed by atoms with E-state index >= 15 is 0 Å². The molecule has 0 unspecified atom stereocenters. The predicted molar refractivity (Wildman–Crippen MR) is 114 cm³/mol. The lowest BCUT2D eigenvalue weighted by Crippen LogP contribution is -3.15. The van der Waals surface area contributed by atoms with Gasteiger partial charge in [-0.1, -0.05) is 6.42 Å². The quantitative estimate of drug-likeness (QED) is 0.570. The SMILES string of the molecule is COc1ccc(N2CC[NH+](C/C(O)=C(\C#N)c3nnc4n3CCCCC4)CC2)cc1. The molecule has 0 amide bonds. The number of aliphatic hydroxyl groups excluding tert-OH is 1. The molecule has 8 nitrogen and oxygen atoms in total. The van der Waals surface area contributed by atoms with Gasteiger partial charge in [0, 0.05) is 18.7 Å². The Labute approximate surface area is 177 Å². The van der Waals surface area contributed by atoms with Crippen molar-refractivity contribution < 1.29 is 14.7 Å². The minimum absolute atomic E-state index is 0.116. The first-order chi connectivity index (χ1) is 14.7. The van der Waals surface area contributed by atoms with Gasteiger partial charge >= 0.3 is 0 Å². The number of quaternary nitrogens is 1. The molecule has 4 rings (SSSR count). The fraction of sp³-hybridized carbons (Fsp3) is 0.500. The number of nitrogens with one attached hydrogen (secondary N) is 1. The topological polar surface area (TPSA) is 91.6 Å². The van der Waals surface area contributed by atoms with Crippen molar-refractivity contribution in [1.82, 2.24) is 14.8 Å². The average Bonchev–Trinajstić information content (AvgIpc) is 3.02. The number of allylic oxidation sites excluding steroid dienone is 1. The lowest BCUT2D eigenvalue weighted by molar-refractivity contribution is -0.897. The number of aromatic nitrogens is 3. The molecule has 158 valence electrons. The second-order valence-electron chi connectivity index (χ2n) is 7.95. The Bertz CT molecular complexity index is 936. The summed E-state index contributed by atoms with van der Waals surface area (Å²) in [6.07, 6.45) is 4.18. The first-order valence-corrected chi connectivity index (χ1v) is 10.7. The number of nitrogens with zero attached hydrogens (tertiary/aromatic N) is 5. The highest BCUT2D eigenvalue weighted by atomic mass is 16.5. The molecule has 0 aliphatic carbocycles. The summed E-state index contributed by atoms with van der Waals surface area (Å²) in [5, 5.41) is 29.0. The molecule has 0 bridgehead atoms. The van der Waals surface area contributed by atoms with Crippen molar-refractivity contribution in [2.24, 2.45) is 0 Å². The van der Waals surface area contributed by atoms with E-state index in [0.29, 0.717) is 12.4 Å². The Kier molecular flexibility index (Phi) is 6.19. The second-order valence-corrected chi connectivity index (χ2v) is 7.95. The number of fused-ring (bicyclic) bond motifs is 1. The van der Waals surface area contributed by atoms with E-state index in [0.717, 1.165) is 70.0 Å². The summed E-state index contributed by atoms with van der Waals surface area (Å²) < 4.78 is 7.24. The van der Waals surface area contributed by atoms with Crippen molar-refractivity contribution in [2.75, 3.05) is 44.7 Å². The van der Waals surface area contributed by atoms with Gasteiger partial charge in [-0.2, -0.15) is 5.26 Å². The summed E-state index contributed by atoms with van der Waals surface area (Å²) in [6, 6.07) is 10.3. The van der Waals surface area contributed by atoms with Crippen LogP contribution in [0.4, 0.5) is 5.69 Å². The van der Waals surface area contributed by atoms with Crippen LogP contribution in [0, 0.1) is 11.3 Å². The van der Waals surface area contributed by atoms with Crippen LogP contribution in [0.25, 0.3) is 5.57 Å². The molecule has 1 aromatic carbocycles. The maximum atomic E-state index is 10.8. The highest BCUT2D eigenvalue weighted by molar-refractivity contribution is 5.74. The van der Waals surface area contributed by atoms with E-state index in [4.69, 9.17) is 4.74 Å². The van der Waals surface area contributed by atoms with E-state index in [9.17, 15) is 10.4 Å². The highest BCUT2D eigenvalue weighted by Gasteiger charge is 2.25. The minimum Gasteiger partial charge on any atom is -0.506 e. The van der Waals surface area contributed by atoms with Gasteiger partial charge in [-0.05, 0) is 37.1 Å². The van der Waals surface area contributed by atoms with Crippen molar-refractivity contribution in [2.45, 2.75) is 32.2 Å². The van der Waals surface area contributed by atoms with E-state index < -0.39 is 0 Å². The number of aliphatic hydroxyl groups is 1. The van der Waals surface area contributed by atoms with Gasteiger partial charge in [0.1, 0.15) is 29.8 Å². The van der Waals surface area contributed by atoms with Gasteiger partial charge < -0.3 is 24.2 Å². The van der Waals surface area contributed by atoms with Gasteiger partial charge in [0.05, 0.1) is 33.3 Å². The number of benzene rings is 1. The third-order valence-corrected chi connectivity index (χ3v) is 6.06. The number of ether oxygens (including phenoxy) is 1. The number of hydrogen-bond donors (Lipinski definition) is 2. The molecule has 2 aliphatic rings. The molecule has 0 spiro atoms. The maximum absolute atomic E-state index is 10.8. The van der Waals surface area contributed by atoms with Crippen molar-refractivity contribution >= 4 is 11.3 Å². The molecule has 3 heterocycles. The van der Waals surface area contributed by atoms with Crippen LogP contribution >= 0.6 is 0 Å². The monoisotopic (exact) mass is 409 g/mol. The van der Waals surface area contributed by atoms with Gasteiger partial charge in [-0.25, -0.2) is 0 Å². The van der Waals surface area contributed by atoms with E-state index in [1.54, 1.807) is 7.11 Å². The predicted octanol–water partition coefficient (Wildman–Crippen LogP) is 1.21. The van der Waals surface area contributed by atoms with Crippen molar-refractivity contribution in [3.63, 3.8) is 0 Å². The third-order valence-electron chi connectivity index (χ3n) is 6.06. The molecule has 0 saturated carbocycles. The Morgan fingerprint density at radius 3 is 2.60 bits per heavy atom. The van der Waals surface area contributed by atoms with Crippen LogP contribution < -0.4 is 14.5 Å². The Balaban J connectivity index is 1.42. The lowest BCUT2D eigenvalue weighted by atomic mass is 10.2. The zero-order valence-corrected chi connectivity index (χ0v) is 17.5. The van der Waals surface area contributed by atoms with Gasteiger partial charge in [0.2, 0.25) is 0 Å². The Morgan fingerprint density at radius 2 is 1.90 bits per heavy atom. The highest BCUT2D eigenvalue weighted by Crippen LogP contribution is 2.21. The molecule has 2 aliphatic heterocycles. The molecule has 1 aromatic heterocycles. The molecule has 0 atom stereocenters. The zero-order chi connectivity index (χ0) is 20.9. The van der Waals surface area contributed by atoms with Crippen LogP contribution in [0.1, 0.15) is 30.9 Å². The molecule has 30 heavy (non-hydrogen) atoms. The number of anilines is 1. The number of piperazine rings is 1. The summed E-state index contributed by atoms with van der Waals surface area (Å²) in [4.78, 5) is 3.61. The maximum Gasteiger partial charge on any atom is 0.178 e. The van der Waals surface area contributed by atoms with Gasteiger partial charge in [0.15, 0.2) is 11.6 Å². The van der Waals surface area contributed by atoms with E-state index in [-0.39, 0.29) is 11.3 Å². The zero-order valence-electron chi connectivity index (χ0n) is 17.5. The van der Waals surface area contributed by atoms with Gasteiger partial charge in [0.25, 0.3) is 0 Å². The van der Waals surface area contributed by atoms with Gasteiger partial charge in [-0.15, -0.1) is 10.2 Å². The second kappa shape index (κ2) is 9.18. The van der Waals surface area contributed by atoms with Crippen LogP contribution in [0.3, 0.4) is 0 Å². The van der Waals surface area contributed by atoms with Crippen LogP contribution in [-0.4, -0.2) is 59.7 Å². The fourth-order valence-electron chi connectivity index (χ4n) is 4.29. The summed E-state index contributed by atoms with van der Waals surface area (Å²) in [5.41, 5.74) is 1.44. The molecule has 2 N–H and O–H groups in total. The minimum atomic E-state index is 0.116. The van der Waals surface area contributed by atoms with Gasteiger partial charge in [-0.3, -0.25) is 0 Å². The lowest BCUT2D eigenvalue weighted by Gasteiger charge is -2.33. The summed E-state index contributed by atoms with van der Waals surface area (Å²) in [5.74, 6) is 2.41. The van der Waals surface area contributed by atoms with E-state index in [1.165, 1.54) is 10.6 Å².